The maximum atomic E-state index is 13.0. The number of carbonyl (C=O) groups is 1. The highest BCUT2D eigenvalue weighted by Gasteiger charge is 2.23. The molecule has 0 radical (unpaired) electrons. The molecule has 104 valence electrons. The quantitative estimate of drug-likeness (QED) is 0.759. The van der Waals surface area contributed by atoms with Gasteiger partial charge >= 0.3 is 0 Å². The second-order valence-corrected chi connectivity index (χ2v) is 4.99. The van der Waals surface area contributed by atoms with Crippen LogP contribution in [-0.4, -0.2) is 36.8 Å². The van der Waals surface area contributed by atoms with E-state index in [1.54, 1.807) is 6.92 Å². The SMILES string of the molecule is Cc1cc(F)ccc1C(=O)NC[C@@H]1CCNC[C@H]1O. The van der Waals surface area contributed by atoms with Crippen LogP contribution in [0.5, 0.6) is 0 Å². The van der Waals surface area contributed by atoms with Crippen molar-refractivity contribution in [3.8, 4) is 0 Å². The second kappa shape index (κ2) is 6.12. The Morgan fingerprint density at radius 3 is 3.05 bits per heavy atom. The highest BCUT2D eigenvalue weighted by molar-refractivity contribution is 5.95. The Labute approximate surface area is 112 Å². The first-order valence-electron chi connectivity index (χ1n) is 6.51. The molecule has 0 spiro atoms. The fourth-order valence-electron chi connectivity index (χ4n) is 2.34. The number of hydrogen-bond donors (Lipinski definition) is 3. The minimum atomic E-state index is -0.427. The first-order chi connectivity index (χ1) is 9.08. The van der Waals surface area contributed by atoms with Crippen molar-refractivity contribution in [3.05, 3.63) is 35.1 Å². The molecule has 1 aromatic carbocycles. The minimum Gasteiger partial charge on any atom is -0.391 e. The van der Waals surface area contributed by atoms with Gasteiger partial charge in [-0.25, -0.2) is 4.39 Å². The Hall–Kier alpha value is -1.46. The number of rotatable bonds is 3. The molecule has 3 N–H and O–H groups in total. The summed E-state index contributed by atoms with van der Waals surface area (Å²) in [5, 5.41) is 15.7. The van der Waals surface area contributed by atoms with Crippen molar-refractivity contribution in [1.82, 2.24) is 10.6 Å². The van der Waals surface area contributed by atoms with Gasteiger partial charge in [-0.2, -0.15) is 0 Å². The lowest BCUT2D eigenvalue weighted by Crippen LogP contribution is -2.45. The van der Waals surface area contributed by atoms with Crippen LogP contribution in [0.3, 0.4) is 0 Å². The van der Waals surface area contributed by atoms with Gasteiger partial charge in [-0.3, -0.25) is 4.79 Å². The highest BCUT2D eigenvalue weighted by atomic mass is 19.1. The molecule has 0 aromatic heterocycles. The lowest BCUT2D eigenvalue weighted by Gasteiger charge is -2.28. The first-order valence-corrected chi connectivity index (χ1v) is 6.51. The number of benzene rings is 1. The smallest absolute Gasteiger partial charge is 0.251 e. The summed E-state index contributed by atoms with van der Waals surface area (Å²) in [6, 6.07) is 4.11. The molecule has 5 heteroatoms. The number of aliphatic hydroxyl groups is 1. The number of aliphatic hydroxyl groups excluding tert-OH is 1. The summed E-state index contributed by atoms with van der Waals surface area (Å²) in [6.07, 6.45) is 0.410. The predicted octanol–water partition coefficient (Wildman–Crippen LogP) is 0.834. The van der Waals surface area contributed by atoms with Crippen LogP contribution >= 0.6 is 0 Å². The molecule has 1 aliphatic heterocycles. The van der Waals surface area contributed by atoms with Gasteiger partial charge in [0, 0.05) is 24.6 Å². The van der Waals surface area contributed by atoms with E-state index in [9.17, 15) is 14.3 Å². The number of amides is 1. The second-order valence-electron chi connectivity index (χ2n) is 4.99. The van der Waals surface area contributed by atoms with Crippen molar-refractivity contribution in [2.75, 3.05) is 19.6 Å². The normalized spacial score (nSPS) is 23.1. The standard InChI is InChI=1S/C14H19FN2O2/c1-9-6-11(15)2-3-12(9)14(19)17-7-10-4-5-16-8-13(10)18/h2-3,6,10,13,16,18H,4-5,7-8H2,1H3,(H,17,19)/t10-,13+/m0/s1. The van der Waals surface area contributed by atoms with Gasteiger partial charge in [-0.1, -0.05) is 0 Å². The largest absolute Gasteiger partial charge is 0.391 e. The Kier molecular flexibility index (Phi) is 4.50. The number of hydrogen-bond acceptors (Lipinski definition) is 3. The number of nitrogens with one attached hydrogen (secondary N) is 2. The van der Waals surface area contributed by atoms with Crippen LogP contribution in [0, 0.1) is 18.7 Å². The summed E-state index contributed by atoms with van der Waals surface area (Å²) in [4.78, 5) is 12.0. The first kappa shape index (κ1) is 14.0. The van der Waals surface area contributed by atoms with Crippen LogP contribution in [0.2, 0.25) is 0 Å². The molecule has 1 amide bonds. The Bertz CT molecular complexity index is 465. The van der Waals surface area contributed by atoms with E-state index in [-0.39, 0.29) is 17.6 Å². The van der Waals surface area contributed by atoms with Crippen molar-refractivity contribution in [3.63, 3.8) is 0 Å². The maximum absolute atomic E-state index is 13.0. The van der Waals surface area contributed by atoms with Gasteiger partial charge in [-0.05, 0) is 43.7 Å². The summed E-state index contributed by atoms with van der Waals surface area (Å²) in [5.41, 5.74) is 1.09. The summed E-state index contributed by atoms with van der Waals surface area (Å²) in [6.45, 7) is 3.57. The molecule has 1 saturated heterocycles. The zero-order valence-electron chi connectivity index (χ0n) is 10.9. The van der Waals surface area contributed by atoms with Gasteiger partial charge in [0.15, 0.2) is 0 Å². The van der Waals surface area contributed by atoms with Crippen molar-refractivity contribution < 1.29 is 14.3 Å². The van der Waals surface area contributed by atoms with E-state index in [2.05, 4.69) is 10.6 Å². The Balaban J connectivity index is 1.93. The summed E-state index contributed by atoms with van der Waals surface area (Å²) < 4.78 is 13.0. The lowest BCUT2D eigenvalue weighted by molar-refractivity contribution is 0.0753. The molecule has 0 aliphatic carbocycles. The Morgan fingerprint density at radius 1 is 1.58 bits per heavy atom. The van der Waals surface area contributed by atoms with Crippen LogP contribution in [0.1, 0.15) is 22.3 Å². The van der Waals surface area contributed by atoms with E-state index >= 15 is 0 Å². The summed E-state index contributed by atoms with van der Waals surface area (Å²) >= 11 is 0. The predicted molar refractivity (Wildman–Crippen MR) is 70.5 cm³/mol. The van der Waals surface area contributed by atoms with E-state index in [0.717, 1.165) is 13.0 Å². The van der Waals surface area contributed by atoms with Crippen LogP contribution in [-0.2, 0) is 0 Å². The van der Waals surface area contributed by atoms with E-state index in [1.807, 2.05) is 0 Å². The molecular weight excluding hydrogens is 247 g/mol. The third-order valence-electron chi connectivity index (χ3n) is 3.55. The van der Waals surface area contributed by atoms with Crippen LogP contribution in [0.4, 0.5) is 4.39 Å². The molecule has 0 unspecified atom stereocenters. The molecule has 1 heterocycles. The molecule has 1 fully saturated rings. The van der Waals surface area contributed by atoms with E-state index in [1.165, 1.54) is 18.2 Å². The maximum Gasteiger partial charge on any atom is 0.251 e. The minimum absolute atomic E-state index is 0.0750. The van der Waals surface area contributed by atoms with Crippen LogP contribution in [0.25, 0.3) is 0 Å². The highest BCUT2D eigenvalue weighted by Crippen LogP contribution is 2.13. The third kappa shape index (κ3) is 3.52. The number of aryl methyl sites for hydroxylation is 1. The Morgan fingerprint density at radius 2 is 2.37 bits per heavy atom. The summed E-state index contributed by atoms with van der Waals surface area (Å²) in [5.74, 6) is -0.489. The fraction of sp³-hybridized carbons (Fsp3) is 0.500. The van der Waals surface area contributed by atoms with Gasteiger partial charge in [0.25, 0.3) is 5.91 Å². The molecule has 1 aromatic rings. The van der Waals surface area contributed by atoms with Gasteiger partial charge in [0.2, 0.25) is 0 Å². The van der Waals surface area contributed by atoms with Gasteiger partial charge in [0.05, 0.1) is 6.10 Å². The van der Waals surface area contributed by atoms with Gasteiger partial charge in [0.1, 0.15) is 5.82 Å². The van der Waals surface area contributed by atoms with Crippen molar-refractivity contribution in [2.45, 2.75) is 19.4 Å². The number of β-amino-alcohol motifs (C(OH)–C–C–N with tert-alkyl or cyclic N) is 1. The van der Waals surface area contributed by atoms with E-state index in [4.69, 9.17) is 0 Å². The van der Waals surface area contributed by atoms with Crippen LogP contribution in [0.15, 0.2) is 18.2 Å². The number of piperidine rings is 1. The molecule has 4 nitrogen and oxygen atoms in total. The van der Waals surface area contributed by atoms with E-state index < -0.39 is 6.10 Å². The van der Waals surface area contributed by atoms with Crippen molar-refractivity contribution >= 4 is 5.91 Å². The zero-order chi connectivity index (χ0) is 13.8. The fourth-order valence-corrected chi connectivity index (χ4v) is 2.34. The topological polar surface area (TPSA) is 61.4 Å². The van der Waals surface area contributed by atoms with Crippen LogP contribution < -0.4 is 10.6 Å². The lowest BCUT2D eigenvalue weighted by atomic mass is 9.95. The molecule has 1 aliphatic rings. The monoisotopic (exact) mass is 266 g/mol. The van der Waals surface area contributed by atoms with Gasteiger partial charge < -0.3 is 15.7 Å². The van der Waals surface area contributed by atoms with Crippen molar-refractivity contribution in [1.29, 1.82) is 0 Å². The molecule has 2 rings (SSSR count). The third-order valence-corrected chi connectivity index (χ3v) is 3.55. The molecule has 0 saturated carbocycles. The molecule has 2 atom stereocenters. The van der Waals surface area contributed by atoms with E-state index in [0.29, 0.717) is 24.2 Å². The zero-order valence-corrected chi connectivity index (χ0v) is 10.9. The molecular formula is C14H19FN2O2. The molecule has 19 heavy (non-hydrogen) atoms. The average Bonchev–Trinajstić information content (AvgIpc) is 2.37. The molecule has 0 bridgehead atoms. The van der Waals surface area contributed by atoms with Crippen molar-refractivity contribution in [2.24, 2.45) is 5.92 Å². The number of halogens is 1. The number of carbonyl (C=O) groups excluding carboxylic acids is 1. The summed E-state index contributed by atoms with van der Waals surface area (Å²) in [7, 11) is 0. The average molecular weight is 266 g/mol. The van der Waals surface area contributed by atoms with Gasteiger partial charge in [-0.15, -0.1) is 0 Å².